The van der Waals surface area contributed by atoms with Crippen molar-refractivity contribution in [1.29, 1.82) is 0 Å². The first-order valence-electron chi connectivity index (χ1n) is 16.0. The maximum Gasteiger partial charge on any atom is 0.252 e. The maximum absolute atomic E-state index is 13.8. The smallest absolute Gasteiger partial charge is 0.252 e. The molecule has 1 saturated heterocycles. The second kappa shape index (κ2) is 15.1. The molecule has 0 bridgehead atoms. The number of aliphatic hydroxyl groups is 1. The standard InChI is InChI=1S/C34H50N4O6S/c1-24(2)33(45(42,43)27-13-14-30-26(20-27)15-18-44-30)35-22-29(39)28(19-25-11-7-6-8-12-25)38(32(41)21-34(3,4)5)36-31(40)23-37-16-9-10-17-37/h6-8,11-14,20,24,28-29,33,35,39H,9-10,15-19,21-23H2,1-5H3,(H,36,40)/t28?,29-,33?/m1/s1. The lowest BCUT2D eigenvalue weighted by molar-refractivity contribution is -0.149. The van der Waals surface area contributed by atoms with Crippen molar-refractivity contribution in [1.82, 2.24) is 20.7 Å². The summed E-state index contributed by atoms with van der Waals surface area (Å²) in [6.45, 7) is 11.7. The molecule has 2 aromatic carbocycles. The first kappa shape index (κ1) is 34.9. The van der Waals surface area contributed by atoms with Gasteiger partial charge < -0.3 is 9.84 Å². The molecule has 10 nitrogen and oxygen atoms in total. The number of likely N-dealkylation sites (tertiary alicyclic amines) is 1. The van der Waals surface area contributed by atoms with Crippen molar-refractivity contribution in [2.24, 2.45) is 11.3 Å². The molecule has 4 rings (SSSR count). The number of carbonyl (C=O) groups excluding carboxylic acids is 2. The molecule has 11 heteroatoms. The Morgan fingerprint density at radius 2 is 1.76 bits per heavy atom. The Morgan fingerprint density at radius 1 is 1.07 bits per heavy atom. The lowest BCUT2D eigenvalue weighted by atomic mass is 9.91. The highest BCUT2D eigenvalue weighted by Crippen LogP contribution is 2.30. The van der Waals surface area contributed by atoms with Crippen molar-refractivity contribution in [2.75, 3.05) is 32.8 Å². The predicted octanol–water partition coefficient (Wildman–Crippen LogP) is 3.33. The van der Waals surface area contributed by atoms with Crippen molar-refractivity contribution in [2.45, 2.75) is 89.1 Å². The van der Waals surface area contributed by atoms with Gasteiger partial charge in [0.15, 0.2) is 9.84 Å². The molecular formula is C34H50N4O6S. The molecule has 0 aliphatic carbocycles. The van der Waals surface area contributed by atoms with Crippen LogP contribution in [0, 0.1) is 11.3 Å². The molecule has 2 amide bonds. The average Bonchev–Trinajstić information content (AvgIpc) is 3.66. The zero-order valence-electron chi connectivity index (χ0n) is 27.3. The third-order valence-electron chi connectivity index (χ3n) is 8.28. The summed E-state index contributed by atoms with van der Waals surface area (Å²) in [5.41, 5.74) is 4.21. The number of benzene rings is 2. The van der Waals surface area contributed by atoms with Gasteiger partial charge in [0.2, 0.25) is 5.91 Å². The summed E-state index contributed by atoms with van der Waals surface area (Å²) >= 11 is 0. The number of ether oxygens (including phenoxy) is 1. The van der Waals surface area contributed by atoms with Crippen LogP contribution in [0.2, 0.25) is 0 Å². The maximum atomic E-state index is 13.8. The van der Waals surface area contributed by atoms with E-state index in [1.165, 1.54) is 5.01 Å². The predicted molar refractivity (Wildman–Crippen MR) is 174 cm³/mol. The third-order valence-corrected chi connectivity index (χ3v) is 10.6. The van der Waals surface area contributed by atoms with Crippen molar-refractivity contribution < 1.29 is 27.9 Å². The zero-order valence-corrected chi connectivity index (χ0v) is 28.1. The normalized spacial score (nSPS) is 17.4. The Kier molecular flexibility index (Phi) is 11.7. The lowest BCUT2D eigenvalue weighted by Gasteiger charge is -2.37. The summed E-state index contributed by atoms with van der Waals surface area (Å²) in [5, 5.41) is 15.2. The monoisotopic (exact) mass is 642 g/mol. The molecule has 45 heavy (non-hydrogen) atoms. The summed E-state index contributed by atoms with van der Waals surface area (Å²) in [5.74, 6) is -0.252. The zero-order chi connectivity index (χ0) is 32.8. The number of nitrogens with zero attached hydrogens (tertiary/aromatic N) is 2. The summed E-state index contributed by atoms with van der Waals surface area (Å²) in [6, 6.07) is 13.5. The van der Waals surface area contributed by atoms with E-state index in [9.17, 15) is 23.1 Å². The molecule has 1 fully saturated rings. The fraction of sp³-hybridized carbons (Fsp3) is 0.588. The van der Waals surface area contributed by atoms with Gasteiger partial charge in [0.25, 0.3) is 5.91 Å². The van der Waals surface area contributed by atoms with Gasteiger partial charge in [-0.3, -0.25) is 25.2 Å². The van der Waals surface area contributed by atoms with Gasteiger partial charge in [0, 0.05) is 19.4 Å². The molecule has 3 atom stereocenters. The quantitative estimate of drug-likeness (QED) is 0.284. The van der Waals surface area contributed by atoms with Gasteiger partial charge in [-0.05, 0) is 73.0 Å². The highest BCUT2D eigenvalue weighted by atomic mass is 32.2. The van der Waals surface area contributed by atoms with E-state index in [2.05, 4.69) is 15.6 Å². The van der Waals surface area contributed by atoms with E-state index < -0.39 is 27.4 Å². The van der Waals surface area contributed by atoms with Crippen LogP contribution in [-0.2, 0) is 32.3 Å². The van der Waals surface area contributed by atoms with E-state index in [0.29, 0.717) is 18.8 Å². The van der Waals surface area contributed by atoms with Crippen LogP contribution >= 0.6 is 0 Å². The van der Waals surface area contributed by atoms with Crippen LogP contribution in [-0.4, -0.2) is 85.6 Å². The number of nitrogens with one attached hydrogen (secondary N) is 2. The average molecular weight is 643 g/mol. The number of hydrogen-bond acceptors (Lipinski definition) is 8. The van der Waals surface area contributed by atoms with E-state index >= 15 is 0 Å². The molecular weight excluding hydrogens is 592 g/mol. The van der Waals surface area contributed by atoms with Crippen molar-refractivity contribution in [3.05, 3.63) is 59.7 Å². The number of rotatable bonds is 13. The van der Waals surface area contributed by atoms with Gasteiger partial charge in [0.1, 0.15) is 11.1 Å². The van der Waals surface area contributed by atoms with E-state index in [-0.39, 0.29) is 54.0 Å². The summed E-state index contributed by atoms with van der Waals surface area (Å²) in [4.78, 5) is 29.3. The molecule has 2 unspecified atom stereocenters. The topological polar surface area (TPSA) is 128 Å². The van der Waals surface area contributed by atoms with Crippen molar-refractivity contribution in [3.63, 3.8) is 0 Å². The van der Waals surface area contributed by atoms with Crippen LogP contribution in [0.3, 0.4) is 0 Å². The Labute approximate surface area is 268 Å². The van der Waals surface area contributed by atoms with E-state index in [1.54, 1.807) is 18.2 Å². The van der Waals surface area contributed by atoms with Crippen molar-refractivity contribution >= 4 is 21.7 Å². The number of hydrazine groups is 1. The van der Waals surface area contributed by atoms with Gasteiger partial charge in [-0.15, -0.1) is 0 Å². The molecule has 2 aromatic rings. The number of sulfone groups is 1. The fourth-order valence-electron chi connectivity index (χ4n) is 6.00. The van der Waals surface area contributed by atoms with Crippen LogP contribution in [0.1, 0.15) is 65.0 Å². The first-order valence-corrected chi connectivity index (χ1v) is 17.6. The minimum Gasteiger partial charge on any atom is -0.493 e. The van der Waals surface area contributed by atoms with E-state index in [0.717, 1.165) is 37.1 Å². The van der Waals surface area contributed by atoms with Gasteiger partial charge in [-0.2, -0.15) is 0 Å². The van der Waals surface area contributed by atoms with Crippen LogP contribution < -0.4 is 15.5 Å². The second-order valence-electron chi connectivity index (χ2n) is 13.8. The summed E-state index contributed by atoms with van der Waals surface area (Å²) < 4.78 is 33.2. The van der Waals surface area contributed by atoms with Crippen LogP contribution in [0.4, 0.5) is 0 Å². The Bertz CT molecular complexity index is 1400. The van der Waals surface area contributed by atoms with E-state index in [4.69, 9.17) is 4.74 Å². The molecule has 3 N–H and O–H groups in total. The number of carbonyl (C=O) groups is 2. The highest BCUT2D eigenvalue weighted by molar-refractivity contribution is 7.92. The first-order chi connectivity index (χ1) is 21.2. The third kappa shape index (κ3) is 9.51. The molecule has 0 radical (unpaired) electrons. The highest BCUT2D eigenvalue weighted by Gasteiger charge is 2.36. The second-order valence-corrected chi connectivity index (χ2v) is 15.9. The number of fused-ring (bicyclic) bond motifs is 1. The molecule has 2 aliphatic heterocycles. The van der Waals surface area contributed by atoms with E-state index in [1.807, 2.05) is 65.0 Å². The minimum atomic E-state index is -3.83. The molecule has 0 saturated carbocycles. The summed E-state index contributed by atoms with van der Waals surface area (Å²) in [6.07, 6.45) is 1.91. The Hall–Kier alpha value is -2.99. The number of hydrogen-bond donors (Lipinski definition) is 3. The van der Waals surface area contributed by atoms with Gasteiger partial charge in [0.05, 0.1) is 30.2 Å². The molecule has 248 valence electrons. The Morgan fingerprint density at radius 3 is 2.40 bits per heavy atom. The van der Waals surface area contributed by atoms with Crippen LogP contribution in [0.5, 0.6) is 5.75 Å². The SMILES string of the molecule is CC(C)C(NC[C@@H](O)C(Cc1ccccc1)N(NC(=O)CN1CCCC1)C(=O)CC(C)(C)C)S(=O)(=O)c1ccc2c(c1)CCO2. The van der Waals surface area contributed by atoms with Crippen molar-refractivity contribution in [3.8, 4) is 5.75 Å². The van der Waals surface area contributed by atoms with Gasteiger partial charge in [-0.25, -0.2) is 13.4 Å². The fourth-order valence-corrected chi connectivity index (χ4v) is 7.89. The number of amides is 2. The molecule has 2 aliphatic rings. The minimum absolute atomic E-state index is 0.116. The molecule has 0 spiro atoms. The summed E-state index contributed by atoms with van der Waals surface area (Å²) in [7, 11) is -3.83. The van der Waals surface area contributed by atoms with Gasteiger partial charge >= 0.3 is 0 Å². The number of aliphatic hydroxyl groups excluding tert-OH is 1. The van der Waals surface area contributed by atoms with Crippen LogP contribution in [0.15, 0.2) is 53.4 Å². The van der Waals surface area contributed by atoms with Gasteiger partial charge in [-0.1, -0.05) is 65.0 Å². The molecule has 0 aromatic heterocycles. The van der Waals surface area contributed by atoms with Crippen LogP contribution in [0.25, 0.3) is 0 Å². The lowest BCUT2D eigenvalue weighted by Crippen LogP contribution is -2.60. The Balaban J connectivity index is 1.59. The largest absolute Gasteiger partial charge is 0.493 e. The molecule has 2 heterocycles.